The van der Waals surface area contributed by atoms with Crippen LogP contribution in [0.3, 0.4) is 0 Å². The van der Waals surface area contributed by atoms with E-state index in [4.69, 9.17) is 4.74 Å². The normalized spacial score (nSPS) is 13.1. The molecule has 0 aromatic carbocycles. The van der Waals surface area contributed by atoms with Crippen LogP contribution in [0.2, 0.25) is 0 Å². The summed E-state index contributed by atoms with van der Waals surface area (Å²) >= 11 is 1.62. The maximum absolute atomic E-state index is 11.5. The van der Waals surface area contributed by atoms with Crippen molar-refractivity contribution in [2.75, 3.05) is 20.0 Å². The molecule has 6 heteroatoms. The van der Waals surface area contributed by atoms with Crippen molar-refractivity contribution in [1.29, 1.82) is 0 Å². The third kappa shape index (κ3) is 17.4. The molecule has 0 aromatic rings. The summed E-state index contributed by atoms with van der Waals surface area (Å²) in [6.07, 6.45) is 14.1. The number of thioether (sulfide) groups is 1. The van der Waals surface area contributed by atoms with Gasteiger partial charge in [0.15, 0.2) is 0 Å². The molecule has 1 N–H and O–H groups in total. The van der Waals surface area contributed by atoms with Gasteiger partial charge in [0.2, 0.25) is 0 Å². The van der Waals surface area contributed by atoms with E-state index >= 15 is 0 Å². The molecule has 0 radical (unpaired) electrons. The lowest BCUT2D eigenvalue weighted by Gasteiger charge is -2.20. The van der Waals surface area contributed by atoms with Crippen LogP contribution < -0.4 is 0 Å². The zero-order valence-corrected chi connectivity index (χ0v) is 19.1. The highest BCUT2D eigenvalue weighted by atomic mass is 32.2. The minimum atomic E-state index is -0.273. The number of methoxy groups -OCH3 is 2. The monoisotopic (exact) mass is 418 g/mol. The van der Waals surface area contributed by atoms with Crippen LogP contribution in [0.4, 0.5) is 0 Å². The Morgan fingerprint density at radius 3 is 2.04 bits per heavy atom. The van der Waals surface area contributed by atoms with Gasteiger partial charge in [-0.3, -0.25) is 9.59 Å². The van der Waals surface area contributed by atoms with Gasteiger partial charge in [-0.05, 0) is 25.7 Å². The van der Waals surface area contributed by atoms with Crippen molar-refractivity contribution in [3.8, 4) is 0 Å². The Morgan fingerprint density at radius 1 is 0.821 bits per heavy atom. The Kier molecular flexibility index (Phi) is 19.0. The van der Waals surface area contributed by atoms with Crippen LogP contribution in [-0.4, -0.2) is 48.4 Å². The Labute approximate surface area is 176 Å². The predicted octanol–water partition coefficient (Wildman–Crippen LogP) is 5.28. The number of carbonyl (C=O) groups is 2. The van der Waals surface area contributed by atoms with Gasteiger partial charge < -0.3 is 14.6 Å². The van der Waals surface area contributed by atoms with Gasteiger partial charge in [-0.2, -0.15) is 0 Å². The van der Waals surface area contributed by atoms with Crippen molar-refractivity contribution in [3.63, 3.8) is 0 Å². The Morgan fingerprint density at radius 2 is 1.39 bits per heavy atom. The molecule has 0 heterocycles. The molecule has 0 fully saturated rings. The highest BCUT2D eigenvalue weighted by Crippen LogP contribution is 2.25. The number of rotatable bonds is 19. The smallest absolute Gasteiger partial charge is 0.315 e. The topological polar surface area (TPSA) is 72.8 Å². The van der Waals surface area contributed by atoms with Crippen molar-refractivity contribution in [1.82, 2.24) is 0 Å². The van der Waals surface area contributed by atoms with E-state index in [2.05, 4.69) is 11.7 Å². The molecule has 5 nitrogen and oxygen atoms in total. The number of esters is 2. The SMILES string of the molecule is CCCCCCC(O)CC(CCCCCCCCC(=O)OC)SCC(=O)OC. The van der Waals surface area contributed by atoms with E-state index in [1.165, 1.54) is 33.5 Å². The summed E-state index contributed by atoms with van der Waals surface area (Å²) < 4.78 is 9.39. The third-order valence-electron chi connectivity index (χ3n) is 4.98. The fourth-order valence-corrected chi connectivity index (χ4v) is 4.37. The number of aliphatic hydroxyl groups excluding tert-OH is 1. The van der Waals surface area contributed by atoms with E-state index in [-0.39, 0.29) is 18.0 Å². The third-order valence-corrected chi connectivity index (χ3v) is 6.28. The molecule has 28 heavy (non-hydrogen) atoms. The van der Waals surface area contributed by atoms with Crippen LogP contribution in [-0.2, 0) is 19.1 Å². The maximum atomic E-state index is 11.5. The number of unbranched alkanes of at least 4 members (excludes halogenated alkanes) is 8. The first-order valence-electron chi connectivity index (χ1n) is 11.0. The van der Waals surface area contributed by atoms with Crippen molar-refractivity contribution < 1.29 is 24.2 Å². The summed E-state index contributed by atoms with van der Waals surface area (Å²) in [6, 6.07) is 0. The average Bonchev–Trinajstić information content (AvgIpc) is 2.70. The molecule has 0 saturated heterocycles. The number of ether oxygens (including phenoxy) is 2. The summed E-state index contributed by atoms with van der Waals surface area (Å²) in [5.41, 5.74) is 0. The first-order chi connectivity index (χ1) is 13.5. The number of hydrogen-bond acceptors (Lipinski definition) is 6. The number of aliphatic hydroxyl groups is 1. The first kappa shape index (κ1) is 27.2. The summed E-state index contributed by atoms with van der Waals surface area (Å²) in [4.78, 5) is 22.5. The molecule has 2 unspecified atom stereocenters. The van der Waals surface area contributed by atoms with Crippen LogP contribution >= 0.6 is 11.8 Å². The Bertz CT molecular complexity index is 389. The van der Waals surface area contributed by atoms with Gasteiger partial charge in [0.1, 0.15) is 0 Å². The first-order valence-corrected chi connectivity index (χ1v) is 12.0. The molecular weight excluding hydrogens is 376 g/mol. The van der Waals surface area contributed by atoms with E-state index in [1.807, 2.05) is 0 Å². The van der Waals surface area contributed by atoms with Crippen LogP contribution in [0.25, 0.3) is 0 Å². The second-order valence-corrected chi connectivity index (χ2v) is 8.77. The van der Waals surface area contributed by atoms with Gasteiger partial charge >= 0.3 is 11.9 Å². The molecule has 0 aliphatic heterocycles. The quantitative estimate of drug-likeness (QED) is 0.227. The Hall–Kier alpha value is -0.750. The summed E-state index contributed by atoms with van der Waals surface area (Å²) in [5, 5.41) is 10.6. The van der Waals surface area contributed by atoms with Crippen molar-refractivity contribution in [2.24, 2.45) is 0 Å². The minimum absolute atomic E-state index is 0.126. The molecule has 0 aromatic heterocycles. The van der Waals surface area contributed by atoms with E-state index in [0.717, 1.165) is 64.2 Å². The molecule has 0 bridgehead atoms. The van der Waals surface area contributed by atoms with E-state index in [9.17, 15) is 14.7 Å². The lowest BCUT2D eigenvalue weighted by molar-refractivity contribution is -0.140. The van der Waals surface area contributed by atoms with Gasteiger partial charge in [-0.15, -0.1) is 11.8 Å². The molecule has 0 aliphatic carbocycles. The van der Waals surface area contributed by atoms with Gasteiger partial charge in [0.05, 0.1) is 26.1 Å². The van der Waals surface area contributed by atoms with E-state index < -0.39 is 0 Å². The van der Waals surface area contributed by atoms with Gasteiger partial charge in [0.25, 0.3) is 0 Å². The summed E-state index contributed by atoms with van der Waals surface area (Å²) in [5.74, 6) is 0.0359. The second kappa shape index (κ2) is 19.6. The minimum Gasteiger partial charge on any atom is -0.469 e. The molecule has 0 rings (SSSR count). The lowest BCUT2D eigenvalue weighted by Crippen LogP contribution is -2.18. The highest BCUT2D eigenvalue weighted by molar-refractivity contribution is 8.00. The fraction of sp³-hybridized carbons (Fsp3) is 0.909. The van der Waals surface area contributed by atoms with E-state index in [0.29, 0.717) is 17.4 Å². The molecular formula is C22H42O5S. The van der Waals surface area contributed by atoms with Crippen LogP contribution in [0, 0.1) is 0 Å². The zero-order valence-electron chi connectivity index (χ0n) is 18.2. The fourth-order valence-electron chi connectivity index (χ4n) is 3.19. The standard InChI is InChI=1S/C22H42O5S/c1-4-5-6-11-14-19(23)17-20(28-18-22(25)27-3)15-12-9-7-8-10-13-16-21(24)26-2/h19-20,23H,4-18H2,1-3H3. The van der Waals surface area contributed by atoms with Crippen molar-refractivity contribution in [3.05, 3.63) is 0 Å². The molecule has 0 aliphatic rings. The lowest BCUT2D eigenvalue weighted by atomic mass is 10.0. The predicted molar refractivity (Wildman–Crippen MR) is 117 cm³/mol. The largest absolute Gasteiger partial charge is 0.469 e. The van der Waals surface area contributed by atoms with Gasteiger partial charge in [-0.1, -0.05) is 64.7 Å². The maximum Gasteiger partial charge on any atom is 0.315 e. The number of hydrogen-bond donors (Lipinski definition) is 1. The van der Waals surface area contributed by atoms with Gasteiger partial charge in [-0.25, -0.2) is 0 Å². The summed E-state index contributed by atoms with van der Waals surface area (Å²) in [6.45, 7) is 2.19. The van der Waals surface area contributed by atoms with Crippen molar-refractivity contribution >= 4 is 23.7 Å². The van der Waals surface area contributed by atoms with Gasteiger partial charge in [0, 0.05) is 11.7 Å². The molecule has 0 spiro atoms. The van der Waals surface area contributed by atoms with Crippen molar-refractivity contribution in [2.45, 2.75) is 108 Å². The average molecular weight is 419 g/mol. The van der Waals surface area contributed by atoms with Crippen LogP contribution in [0.5, 0.6) is 0 Å². The Balaban J connectivity index is 4.00. The molecule has 0 amide bonds. The number of carbonyl (C=O) groups excluding carboxylic acids is 2. The zero-order chi connectivity index (χ0) is 21.0. The molecule has 0 saturated carbocycles. The molecule has 166 valence electrons. The summed E-state index contributed by atoms with van der Waals surface area (Å²) in [7, 11) is 2.85. The molecule has 2 atom stereocenters. The second-order valence-electron chi connectivity index (χ2n) is 7.48. The van der Waals surface area contributed by atoms with Crippen LogP contribution in [0.1, 0.15) is 96.8 Å². The highest BCUT2D eigenvalue weighted by Gasteiger charge is 2.16. The van der Waals surface area contributed by atoms with Crippen LogP contribution in [0.15, 0.2) is 0 Å². The van der Waals surface area contributed by atoms with E-state index in [1.54, 1.807) is 11.8 Å².